The molecule has 0 N–H and O–H groups in total. The molecule has 2 aromatic rings. The van der Waals surface area contributed by atoms with Crippen molar-refractivity contribution in [2.24, 2.45) is 0 Å². The lowest BCUT2D eigenvalue weighted by Gasteiger charge is -2.40. The van der Waals surface area contributed by atoms with Gasteiger partial charge in [-0.2, -0.15) is 0 Å². The maximum atomic E-state index is 7.00. The standard InChI is InChI=1S/C19H34O4Si5/c1-24(2)20-26(5)22-28(18-14-10-8-11-15-18,19-16-12-9-13-17-19)23-27(6,7)21-25(3)4/h8-17,24-26H,1-7H3. The lowest BCUT2D eigenvalue weighted by Crippen LogP contribution is -2.69. The molecule has 0 radical (unpaired) electrons. The molecule has 0 bridgehead atoms. The van der Waals surface area contributed by atoms with Crippen molar-refractivity contribution in [1.29, 1.82) is 0 Å². The Hall–Kier alpha value is -0.636. The van der Waals surface area contributed by atoms with Gasteiger partial charge in [0.15, 0.2) is 18.1 Å². The maximum Gasteiger partial charge on any atom is 0.389 e. The molecule has 0 aliphatic carbocycles. The smallest absolute Gasteiger partial charge is 0.389 e. The molecule has 0 amide bonds. The van der Waals surface area contributed by atoms with Crippen LogP contribution >= 0.6 is 0 Å². The van der Waals surface area contributed by atoms with Crippen molar-refractivity contribution in [2.75, 3.05) is 0 Å². The van der Waals surface area contributed by atoms with Crippen LogP contribution in [0.3, 0.4) is 0 Å². The van der Waals surface area contributed by atoms with Crippen molar-refractivity contribution in [1.82, 2.24) is 0 Å². The first kappa shape index (κ1) is 23.6. The average molecular weight is 467 g/mol. The molecule has 0 saturated carbocycles. The quantitative estimate of drug-likeness (QED) is 0.505. The van der Waals surface area contributed by atoms with Crippen LogP contribution in [-0.2, 0) is 16.5 Å². The van der Waals surface area contributed by atoms with E-state index >= 15 is 0 Å². The van der Waals surface area contributed by atoms with Gasteiger partial charge in [-0.05, 0) is 56.2 Å². The Kier molecular flexibility index (Phi) is 8.79. The predicted molar refractivity (Wildman–Crippen MR) is 130 cm³/mol. The Bertz CT molecular complexity index is 673. The van der Waals surface area contributed by atoms with Crippen molar-refractivity contribution in [3.63, 3.8) is 0 Å². The zero-order chi connectivity index (χ0) is 20.8. The van der Waals surface area contributed by atoms with Crippen molar-refractivity contribution >= 4 is 54.9 Å². The fourth-order valence-electron chi connectivity index (χ4n) is 3.34. The third-order valence-electron chi connectivity index (χ3n) is 4.01. The van der Waals surface area contributed by atoms with E-state index in [1.54, 1.807) is 0 Å². The fourth-order valence-corrected chi connectivity index (χ4v) is 21.2. The number of benzene rings is 2. The van der Waals surface area contributed by atoms with Crippen LogP contribution < -0.4 is 10.4 Å². The van der Waals surface area contributed by atoms with Gasteiger partial charge in [0.2, 0.25) is 0 Å². The van der Waals surface area contributed by atoms with Gasteiger partial charge in [-0.3, -0.25) is 0 Å². The molecule has 0 saturated heterocycles. The van der Waals surface area contributed by atoms with Crippen LogP contribution in [0.2, 0.25) is 45.8 Å². The summed E-state index contributed by atoms with van der Waals surface area (Å²) in [6, 6.07) is 20.8. The van der Waals surface area contributed by atoms with Crippen LogP contribution in [0.4, 0.5) is 0 Å². The third-order valence-corrected chi connectivity index (χ3v) is 19.8. The minimum absolute atomic E-state index is 1.11. The molecule has 2 rings (SSSR count). The predicted octanol–water partition coefficient (Wildman–Crippen LogP) is 2.83. The van der Waals surface area contributed by atoms with Gasteiger partial charge in [0, 0.05) is 0 Å². The van der Waals surface area contributed by atoms with Crippen LogP contribution in [-0.4, -0.2) is 44.5 Å². The molecule has 0 aromatic heterocycles. The highest BCUT2D eigenvalue weighted by atomic mass is 28.5. The van der Waals surface area contributed by atoms with E-state index in [-0.39, 0.29) is 0 Å². The molecule has 0 aliphatic heterocycles. The van der Waals surface area contributed by atoms with Crippen LogP contribution in [0.15, 0.2) is 60.7 Å². The molecule has 1 atom stereocenters. The summed E-state index contributed by atoms with van der Waals surface area (Å²) >= 11 is 0. The highest BCUT2D eigenvalue weighted by Gasteiger charge is 2.49. The van der Waals surface area contributed by atoms with E-state index in [4.69, 9.17) is 16.5 Å². The Morgan fingerprint density at radius 3 is 1.50 bits per heavy atom. The molecule has 2 aromatic carbocycles. The first-order valence-corrected chi connectivity index (χ1v) is 22.3. The van der Waals surface area contributed by atoms with Crippen molar-refractivity contribution < 1.29 is 16.5 Å². The lowest BCUT2D eigenvalue weighted by molar-refractivity contribution is 0.329. The molecule has 9 heteroatoms. The van der Waals surface area contributed by atoms with Crippen LogP contribution in [0, 0.1) is 0 Å². The molecular weight excluding hydrogens is 433 g/mol. The topological polar surface area (TPSA) is 36.9 Å². The van der Waals surface area contributed by atoms with Gasteiger partial charge < -0.3 is 16.5 Å². The molecule has 0 fully saturated rings. The van der Waals surface area contributed by atoms with E-state index in [1.807, 2.05) is 12.1 Å². The molecule has 4 nitrogen and oxygen atoms in total. The monoisotopic (exact) mass is 466 g/mol. The van der Waals surface area contributed by atoms with Gasteiger partial charge in [0.05, 0.1) is 0 Å². The van der Waals surface area contributed by atoms with Gasteiger partial charge in [0.25, 0.3) is 9.28 Å². The third kappa shape index (κ3) is 6.71. The molecule has 154 valence electrons. The minimum Gasteiger partial charge on any atom is -0.442 e. The van der Waals surface area contributed by atoms with E-state index in [9.17, 15) is 0 Å². The molecule has 0 aliphatic rings. The summed E-state index contributed by atoms with van der Waals surface area (Å²) in [7, 11) is -9.67. The van der Waals surface area contributed by atoms with Crippen LogP contribution in [0.1, 0.15) is 0 Å². The average Bonchev–Trinajstić information content (AvgIpc) is 2.60. The summed E-state index contributed by atoms with van der Waals surface area (Å²) in [5, 5.41) is 2.23. The molecular formula is C19H34O4Si5. The number of rotatable bonds is 10. The normalized spacial score (nSPS) is 13.9. The molecule has 1 unspecified atom stereocenters. The number of hydrogen-bond donors (Lipinski definition) is 0. The van der Waals surface area contributed by atoms with Gasteiger partial charge in [0.1, 0.15) is 0 Å². The summed E-state index contributed by atoms with van der Waals surface area (Å²) < 4.78 is 26.5. The lowest BCUT2D eigenvalue weighted by atomic mass is 10.4. The Balaban J connectivity index is 2.58. The zero-order valence-electron chi connectivity index (χ0n) is 18.1. The second-order valence-electron chi connectivity index (χ2n) is 7.89. The van der Waals surface area contributed by atoms with Crippen molar-refractivity contribution in [2.45, 2.75) is 45.8 Å². The van der Waals surface area contributed by atoms with E-state index in [0.717, 1.165) is 10.4 Å². The Labute approximate surface area is 177 Å². The second-order valence-corrected chi connectivity index (χ2v) is 22.2. The molecule has 28 heavy (non-hydrogen) atoms. The zero-order valence-corrected chi connectivity index (χ0v) is 23.6. The largest absolute Gasteiger partial charge is 0.442 e. The number of hydrogen-bond acceptors (Lipinski definition) is 4. The van der Waals surface area contributed by atoms with E-state index in [2.05, 4.69) is 94.4 Å². The summed E-state index contributed by atoms with van der Waals surface area (Å²) in [6.07, 6.45) is 0. The van der Waals surface area contributed by atoms with Crippen molar-refractivity contribution in [3.8, 4) is 0 Å². The van der Waals surface area contributed by atoms with Gasteiger partial charge in [-0.15, -0.1) is 0 Å². The SMILES string of the molecule is C[SiH](C)O[SiH](C)O[Si](O[Si](C)(C)O[SiH](C)C)(c1ccccc1)c1ccccc1. The maximum absolute atomic E-state index is 7.00. The Morgan fingerprint density at radius 2 is 1.11 bits per heavy atom. The second kappa shape index (κ2) is 10.4. The highest BCUT2D eigenvalue weighted by molar-refractivity contribution is 7.00. The van der Waals surface area contributed by atoms with Gasteiger partial charge >= 0.3 is 17.1 Å². The van der Waals surface area contributed by atoms with E-state index < -0.39 is 44.5 Å². The Morgan fingerprint density at radius 1 is 0.643 bits per heavy atom. The summed E-state index contributed by atoms with van der Waals surface area (Å²) in [5.41, 5.74) is 0. The summed E-state index contributed by atoms with van der Waals surface area (Å²) in [4.78, 5) is 0. The van der Waals surface area contributed by atoms with Gasteiger partial charge in [-0.25, -0.2) is 0 Å². The molecule has 0 spiro atoms. The first-order chi connectivity index (χ1) is 13.1. The van der Waals surface area contributed by atoms with Crippen LogP contribution in [0.25, 0.3) is 0 Å². The van der Waals surface area contributed by atoms with Gasteiger partial charge in [-0.1, -0.05) is 60.7 Å². The van der Waals surface area contributed by atoms with Crippen molar-refractivity contribution in [3.05, 3.63) is 60.7 Å². The summed E-state index contributed by atoms with van der Waals surface area (Å²) in [5.74, 6) is 0. The van der Waals surface area contributed by atoms with Crippen LogP contribution in [0.5, 0.6) is 0 Å². The minimum atomic E-state index is -2.96. The molecule has 0 heterocycles. The summed E-state index contributed by atoms with van der Waals surface area (Å²) in [6.45, 7) is 15.2. The van der Waals surface area contributed by atoms with E-state index in [0.29, 0.717) is 0 Å². The highest BCUT2D eigenvalue weighted by Crippen LogP contribution is 2.20. The van der Waals surface area contributed by atoms with E-state index in [1.165, 1.54) is 0 Å². The fraction of sp³-hybridized carbons (Fsp3) is 0.368. The first-order valence-electron chi connectivity index (χ1n) is 9.97.